The molecule has 0 aromatic carbocycles. The average Bonchev–Trinajstić information content (AvgIpc) is 2.89. The molecule has 0 spiro atoms. The first kappa shape index (κ1) is 22.6. The fourth-order valence-electron chi connectivity index (χ4n) is 1.35. The van der Waals surface area contributed by atoms with Crippen LogP contribution in [0.4, 0.5) is 0 Å². The molecule has 108 valence electrons. The summed E-state index contributed by atoms with van der Waals surface area (Å²) in [6.07, 6.45) is 18.2. The molecule has 0 aliphatic heterocycles. The van der Waals surface area contributed by atoms with E-state index in [1.54, 1.807) is 0 Å². The van der Waals surface area contributed by atoms with Crippen molar-refractivity contribution in [2.24, 2.45) is 0 Å². The fraction of sp³-hybridized carbons (Fsp3) is 0.529. The van der Waals surface area contributed by atoms with Gasteiger partial charge in [0.1, 0.15) is 0 Å². The molecule has 2 aliphatic carbocycles. The third-order valence-electron chi connectivity index (χ3n) is 1.91. The molecule has 0 nitrogen and oxygen atoms in total. The van der Waals surface area contributed by atoms with Crippen molar-refractivity contribution in [2.75, 3.05) is 0 Å². The Balaban J connectivity index is 0. The Bertz CT molecular complexity index is 310. The van der Waals surface area contributed by atoms with Gasteiger partial charge in [0.15, 0.2) is 0 Å². The summed E-state index contributed by atoms with van der Waals surface area (Å²) in [6.45, 7) is 13.6. The van der Waals surface area contributed by atoms with Crippen LogP contribution in [0.2, 0.25) is 39.3 Å². The van der Waals surface area contributed by atoms with Gasteiger partial charge < -0.3 is 0 Å². The minimum absolute atomic E-state index is 0. The molecule has 2 aliphatic rings. The standard InChI is InChI=1S/C11H10.2C3H9Si.Zr/c1-2-6-10(5-1)9-11-7-3-4-8-11;2*1-4(2)3;/h1,3,5,7H,2,4,9H2;2*1-3H3;/q-2;;;+2. The Labute approximate surface area is 149 Å². The van der Waals surface area contributed by atoms with Gasteiger partial charge in [-0.3, -0.25) is 12.2 Å². The molecule has 0 heterocycles. The van der Waals surface area contributed by atoms with Crippen LogP contribution in [-0.4, -0.2) is 17.6 Å². The monoisotopic (exact) mass is 378 g/mol. The van der Waals surface area contributed by atoms with E-state index in [0.717, 1.165) is 19.3 Å². The van der Waals surface area contributed by atoms with E-state index in [1.807, 2.05) is 0 Å². The third kappa shape index (κ3) is 16.3. The molecule has 3 heteroatoms. The molecule has 0 aromatic rings. The van der Waals surface area contributed by atoms with Crippen LogP contribution in [0.5, 0.6) is 0 Å². The molecular weight excluding hydrogens is 352 g/mol. The fourth-order valence-corrected chi connectivity index (χ4v) is 1.35. The van der Waals surface area contributed by atoms with E-state index in [4.69, 9.17) is 0 Å². The van der Waals surface area contributed by atoms with Gasteiger partial charge in [-0.2, -0.15) is 12.2 Å². The van der Waals surface area contributed by atoms with E-state index in [1.165, 1.54) is 11.1 Å². The van der Waals surface area contributed by atoms with Gasteiger partial charge in [0.2, 0.25) is 0 Å². The predicted molar refractivity (Wildman–Crippen MR) is 92.3 cm³/mol. The topological polar surface area (TPSA) is 0 Å². The van der Waals surface area contributed by atoms with Crippen molar-refractivity contribution in [1.29, 1.82) is 0 Å². The van der Waals surface area contributed by atoms with Crippen LogP contribution < -0.4 is 0 Å². The van der Waals surface area contributed by atoms with Crippen LogP contribution in [0.1, 0.15) is 19.3 Å². The number of rotatable bonds is 2. The molecule has 0 N–H and O–H groups in total. The van der Waals surface area contributed by atoms with E-state index in [2.05, 4.69) is 75.7 Å². The summed E-state index contributed by atoms with van der Waals surface area (Å²) in [5, 5.41) is 0. The van der Waals surface area contributed by atoms with Crippen LogP contribution in [0.15, 0.2) is 35.5 Å². The van der Waals surface area contributed by atoms with Gasteiger partial charge >= 0.3 is 26.2 Å². The largest absolute Gasteiger partial charge is 2.00 e. The van der Waals surface area contributed by atoms with Gasteiger partial charge in [0.05, 0.1) is 0 Å². The Morgan fingerprint density at radius 3 is 1.30 bits per heavy atom. The first-order chi connectivity index (χ1) is 8.91. The Hall–Kier alpha value is 0.277. The Morgan fingerprint density at radius 1 is 0.800 bits per heavy atom. The van der Waals surface area contributed by atoms with Crippen molar-refractivity contribution < 1.29 is 26.2 Å². The SMILES string of the molecule is C[Si](C)C.C[Si](C)C.[C-]1=C(CC2=[C-]CC=C2)C=CC1.[Zr+2]. The van der Waals surface area contributed by atoms with E-state index in [0.29, 0.717) is 0 Å². The number of allylic oxidation sites excluding steroid dienone is 8. The zero-order chi connectivity index (χ0) is 14.7. The third-order valence-corrected chi connectivity index (χ3v) is 1.91. The molecule has 2 radical (unpaired) electrons. The second-order valence-corrected chi connectivity index (χ2v) is 11.8. The summed E-state index contributed by atoms with van der Waals surface area (Å²) >= 11 is 0. The summed E-state index contributed by atoms with van der Waals surface area (Å²) in [5.74, 6) is 0. The second-order valence-electron chi connectivity index (χ2n) is 5.79. The van der Waals surface area contributed by atoms with Crippen LogP contribution in [-0.2, 0) is 26.2 Å². The normalized spacial score (nSPS) is 15.0. The molecule has 0 bridgehead atoms. The Kier molecular flexibility index (Phi) is 16.0. The number of hydrogen-bond donors (Lipinski definition) is 0. The molecule has 0 saturated heterocycles. The van der Waals surface area contributed by atoms with Gasteiger partial charge in [-0.05, 0) is 0 Å². The van der Waals surface area contributed by atoms with Crippen molar-refractivity contribution in [3.05, 3.63) is 47.6 Å². The van der Waals surface area contributed by atoms with Crippen molar-refractivity contribution >= 4 is 17.6 Å². The molecule has 0 unspecified atom stereocenters. The first-order valence-electron chi connectivity index (χ1n) is 6.97. The maximum Gasteiger partial charge on any atom is 2.00 e. The van der Waals surface area contributed by atoms with Crippen molar-refractivity contribution in [2.45, 2.75) is 58.5 Å². The van der Waals surface area contributed by atoms with Crippen molar-refractivity contribution in [3.63, 3.8) is 0 Å². The summed E-state index contributed by atoms with van der Waals surface area (Å²) in [7, 11) is 0.241. The van der Waals surface area contributed by atoms with Gasteiger partial charge in [-0.15, -0.1) is 12.8 Å². The zero-order valence-electron chi connectivity index (χ0n) is 13.9. The minimum atomic E-state index is 0. The summed E-state index contributed by atoms with van der Waals surface area (Å²) < 4.78 is 0. The molecular formula is C17H28Si2Zr. The van der Waals surface area contributed by atoms with Crippen molar-refractivity contribution in [1.82, 2.24) is 0 Å². The van der Waals surface area contributed by atoms with Gasteiger partial charge in [0, 0.05) is 17.6 Å². The molecule has 20 heavy (non-hydrogen) atoms. The number of hydrogen-bond acceptors (Lipinski definition) is 0. The Morgan fingerprint density at radius 2 is 1.10 bits per heavy atom. The summed E-state index contributed by atoms with van der Waals surface area (Å²) in [6, 6.07) is 0. The minimum Gasteiger partial charge on any atom is -0.269 e. The molecule has 0 aromatic heterocycles. The maximum absolute atomic E-state index is 3.29. The smallest absolute Gasteiger partial charge is 0.269 e. The summed E-state index contributed by atoms with van der Waals surface area (Å²) in [4.78, 5) is 0. The van der Waals surface area contributed by atoms with Crippen LogP contribution in [0.3, 0.4) is 0 Å². The van der Waals surface area contributed by atoms with Crippen LogP contribution >= 0.6 is 0 Å². The second kappa shape index (κ2) is 14.2. The molecule has 2 rings (SSSR count). The van der Waals surface area contributed by atoms with E-state index in [-0.39, 0.29) is 43.8 Å². The molecule has 0 atom stereocenters. The van der Waals surface area contributed by atoms with Gasteiger partial charge in [0.25, 0.3) is 0 Å². The average molecular weight is 380 g/mol. The van der Waals surface area contributed by atoms with E-state index < -0.39 is 0 Å². The molecule has 0 saturated carbocycles. The predicted octanol–water partition coefficient (Wildman–Crippen LogP) is 5.49. The van der Waals surface area contributed by atoms with Crippen LogP contribution in [0.25, 0.3) is 0 Å². The summed E-state index contributed by atoms with van der Waals surface area (Å²) in [5.41, 5.74) is 2.64. The van der Waals surface area contributed by atoms with Gasteiger partial charge in [-0.25, -0.2) is 23.3 Å². The van der Waals surface area contributed by atoms with Gasteiger partial charge in [-0.1, -0.05) is 45.7 Å². The van der Waals surface area contributed by atoms with E-state index >= 15 is 0 Å². The maximum atomic E-state index is 3.29. The zero-order valence-corrected chi connectivity index (χ0v) is 18.4. The molecule has 0 amide bonds. The molecule has 0 fully saturated rings. The van der Waals surface area contributed by atoms with E-state index in [9.17, 15) is 0 Å². The quantitative estimate of drug-likeness (QED) is 0.439. The first-order valence-corrected chi connectivity index (χ1v) is 13.0. The van der Waals surface area contributed by atoms with Crippen LogP contribution in [0, 0.1) is 12.2 Å². The van der Waals surface area contributed by atoms with Crippen molar-refractivity contribution in [3.8, 4) is 0 Å².